The Morgan fingerprint density at radius 2 is 1.68 bits per heavy atom. The van der Waals surface area contributed by atoms with Gasteiger partial charge in [-0.1, -0.05) is 56.0 Å². The lowest BCUT2D eigenvalue weighted by molar-refractivity contribution is -0.143. The third-order valence-corrected chi connectivity index (χ3v) is 3.87. The summed E-state index contributed by atoms with van der Waals surface area (Å²) in [6.07, 6.45) is 4.94. The Morgan fingerprint density at radius 1 is 0.960 bits per heavy atom. The molecule has 138 valence electrons. The Morgan fingerprint density at radius 3 is 2.36 bits per heavy atom. The number of ketones is 1. The summed E-state index contributed by atoms with van der Waals surface area (Å²) in [6, 6.07) is 7.27. The minimum absolute atomic E-state index is 0.0123. The summed E-state index contributed by atoms with van der Waals surface area (Å²) in [4.78, 5) is 35.1. The number of hydrogen-bond donors (Lipinski definition) is 1. The van der Waals surface area contributed by atoms with Gasteiger partial charge in [-0.2, -0.15) is 0 Å². The van der Waals surface area contributed by atoms with Crippen LogP contribution in [0.3, 0.4) is 0 Å². The molecule has 5 nitrogen and oxygen atoms in total. The van der Waals surface area contributed by atoms with Crippen LogP contribution in [-0.4, -0.2) is 30.8 Å². The molecule has 0 spiro atoms. The predicted molar refractivity (Wildman–Crippen MR) is 97.5 cm³/mol. The Hall–Kier alpha value is -2.17. The fraction of sp³-hybridized carbons (Fsp3) is 0.550. The number of carbonyl (C=O) groups excluding carboxylic acids is 3. The summed E-state index contributed by atoms with van der Waals surface area (Å²) >= 11 is 0. The summed E-state index contributed by atoms with van der Waals surface area (Å²) in [5.41, 5.74) is 1.69. The van der Waals surface area contributed by atoms with Gasteiger partial charge in [-0.3, -0.25) is 14.4 Å². The number of esters is 1. The minimum atomic E-state index is -0.419. The SMILES string of the molecule is CCCCCCC(=O)NCCOC(=O)CCC(=O)c1ccc(C)cc1. The van der Waals surface area contributed by atoms with Gasteiger partial charge in [-0.15, -0.1) is 0 Å². The van der Waals surface area contributed by atoms with Crippen LogP contribution in [-0.2, 0) is 14.3 Å². The molecular weight excluding hydrogens is 318 g/mol. The van der Waals surface area contributed by atoms with Crippen molar-refractivity contribution in [1.82, 2.24) is 5.32 Å². The molecule has 0 aromatic heterocycles. The highest BCUT2D eigenvalue weighted by Gasteiger charge is 2.10. The van der Waals surface area contributed by atoms with E-state index in [1.54, 1.807) is 12.1 Å². The lowest BCUT2D eigenvalue weighted by Gasteiger charge is -2.07. The van der Waals surface area contributed by atoms with Gasteiger partial charge in [-0.05, 0) is 13.3 Å². The molecule has 0 aliphatic rings. The van der Waals surface area contributed by atoms with Crippen LogP contribution in [0.5, 0.6) is 0 Å². The molecule has 1 aromatic carbocycles. The second kappa shape index (κ2) is 12.2. The van der Waals surface area contributed by atoms with Crippen LogP contribution in [0, 0.1) is 6.92 Å². The maximum atomic E-state index is 12.0. The van der Waals surface area contributed by atoms with E-state index in [-0.39, 0.29) is 31.1 Å². The lowest BCUT2D eigenvalue weighted by Crippen LogP contribution is -2.27. The van der Waals surface area contributed by atoms with Crippen molar-refractivity contribution in [1.29, 1.82) is 0 Å². The van der Waals surface area contributed by atoms with Crippen molar-refractivity contribution in [2.75, 3.05) is 13.2 Å². The topological polar surface area (TPSA) is 72.5 Å². The molecule has 0 saturated heterocycles. The molecule has 0 fully saturated rings. The van der Waals surface area contributed by atoms with E-state index in [9.17, 15) is 14.4 Å². The summed E-state index contributed by atoms with van der Waals surface area (Å²) < 4.78 is 5.03. The van der Waals surface area contributed by atoms with Gasteiger partial charge in [0.1, 0.15) is 6.61 Å². The molecule has 1 rings (SSSR count). The summed E-state index contributed by atoms with van der Waals surface area (Å²) in [5.74, 6) is -0.503. The molecule has 1 amide bonds. The van der Waals surface area contributed by atoms with E-state index in [1.165, 1.54) is 0 Å². The number of benzene rings is 1. The van der Waals surface area contributed by atoms with Gasteiger partial charge in [0.15, 0.2) is 5.78 Å². The first-order chi connectivity index (χ1) is 12.0. The number of ether oxygens (including phenoxy) is 1. The molecule has 0 aliphatic carbocycles. The fourth-order valence-corrected chi connectivity index (χ4v) is 2.33. The maximum absolute atomic E-state index is 12.0. The van der Waals surface area contributed by atoms with Gasteiger partial charge < -0.3 is 10.1 Å². The van der Waals surface area contributed by atoms with Gasteiger partial charge in [0.05, 0.1) is 13.0 Å². The summed E-state index contributed by atoms with van der Waals surface area (Å²) in [5, 5.41) is 2.73. The molecule has 0 aliphatic heterocycles. The zero-order valence-corrected chi connectivity index (χ0v) is 15.3. The highest BCUT2D eigenvalue weighted by molar-refractivity contribution is 5.97. The van der Waals surface area contributed by atoms with Gasteiger partial charge in [0.25, 0.3) is 0 Å². The van der Waals surface area contributed by atoms with E-state index in [2.05, 4.69) is 12.2 Å². The van der Waals surface area contributed by atoms with Crippen LogP contribution < -0.4 is 5.32 Å². The van der Waals surface area contributed by atoms with Crippen molar-refractivity contribution >= 4 is 17.7 Å². The van der Waals surface area contributed by atoms with Gasteiger partial charge >= 0.3 is 5.97 Å². The van der Waals surface area contributed by atoms with E-state index in [1.807, 2.05) is 19.1 Å². The van der Waals surface area contributed by atoms with Crippen LogP contribution >= 0.6 is 0 Å². The third-order valence-electron chi connectivity index (χ3n) is 3.87. The van der Waals surface area contributed by atoms with E-state index in [0.29, 0.717) is 18.5 Å². The van der Waals surface area contributed by atoms with Crippen molar-refractivity contribution in [3.8, 4) is 0 Å². The van der Waals surface area contributed by atoms with Crippen molar-refractivity contribution < 1.29 is 19.1 Å². The second-order valence-electron chi connectivity index (χ2n) is 6.17. The van der Waals surface area contributed by atoms with E-state index >= 15 is 0 Å². The van der Waals surface area contributed by atoms with Crippen LogP contribution in [0.25, 0.3) is 0 Å². The smallest absolute Gasteiger partial charge is 0.306 e. The number of hydrogen-bond acceptors (Lipinski definition) is 4. The van der Waals surface area contributed by atoms with E-state index in [4.69, 9.17) is 4.74 Å². The van der Waals surface area contributed by atoms with Crippen LogP contribution in [0.15, 0.2) is 24.3 Å². The average molecular weight is 347 g/mol. The average Bonchev–Trinajstić information content (AvgIpc) is 2.61. The molecule has 0 heterocycles. The Balaban J connectivity index is 2.09. The Bertz CT molecular complexity index is 551. The Kier molecular flexibility index (Phi) is 10.2. The van der Waals surface area contributed by atoms with Crippen molar-refractivity contribution in [2.24, 2.45) is 0 Å². The zero-order chi connectivity index (χ0) is 18.5. The van der Waals surface area contributed by atoms with Crippen LogP contribution in [0.1, 0.15) is 67.8 Å². The highest BCUT2D eigenvalue weighted by atomic mass is 16.5. The number of nitrogens with one attached hydrogen (secondary N) is 1. The molecule has 5 heteroatoms. The third kappa shape index (κ3) is 9.65. The minimum Gasteiger partial charge on any atom is -0.464 e. The van der Waals surface area contributed by atoms with Gasteiger partial charge in [-0.25, -0.2) is 0 Å². The molecule has 25 heavy (non-hydrogen) atoms. The molecule has 0 saturated carbocycles. The fourth-order valence-electron chi connectivity index (χ4n) is 2.33. The van der Waals surface area contributed by atoms with Crippen molar-refractivity contribution in [2.45, 2.75) is 58.8 Å². The normalized spacial score (nSPS) is 10.3. The Labute approximate surface area is 150 Å². The highest BCUT2D eigenvalue weighted by Crippen LogP contribution is 2.08. The molecule has 0 bridgehead atoms. The molecule has 0 unspecified atom stereocenters. The standard InChI is InChI=1S/C20H29NO4/c1-3-4-5-6-7-19(23)21-14-15-25-20(24)13-12-18(22)17-10-8-16(2)9-11-17/h8-11H,3-7,12-15H2,1-2H3,(H,21,23). The van der Waals surface area contributed by atoms with Crippen LogP contribution in [0.2, 0.25) is 0 Å². The van der Waals surface area contributed by atoms with E-state index < -0.39 is 5.97 Å². The largest absolute Gasteiger partial charge is 0.464 e. The molecule has 1 aromatic rings. The second-order valence-corrected chi connectivity index (χ2v) is 6.17. The molecular formula is C20H29NO4. The maximum Gasteiger partial charge on any atom is 0.306 e. The number of unbranched alkanes of at least 4 members (excludes halogenated alkanes) is 3. The predicted octanol–water partition coefficient (Wildman–Crippen LogP) is 3.59. The first-order valence-electron chi connectivity index (χ1n) is 9.05. The molecule has 1 N–H and O–H groups in total. The van der Waals surface area contributed by atoms with E-state index in [0.717, 1.165) is 31.2 Å². The number of carbonyl (C=O) groups is 3. The van der Waals surface area contributed by atoms with Gasteiger partial charge in [0, 0.05) is 18.4 Å². The first-order valence-corrected chi connectivity index (χ1v) is 9.05. The number of aryl methyl sites for hydroxylation is 1. The van der Waals surface area contributed by atoms with Gasteiger partial charge in [0.2, 0.25) is 5.91 Å². The molecule has 0 atom stereocenters. The van der Waals surface area contributed by atoms with Crippen molar-refractivity contribution in [3.63, 3.8) is 0 Å². The quantitative estimate of drug-likeness (QED) is 0.356. The monoisotopic (exact) mass is 347 g/mol. The molecule has 0 radical (unpaired) electrons. The zero-order valence-electron chi connectivity index (χ0n) is 15.3. The number of Topliss-reactive ketones (excluding diaryl/α,β-unsaturated/α-hetero) is 1. The summed E-state index contributed by atoms with van der Waals surface area (Å²) in [7, 11) is 0. The van der Waals surface area contributed by atoms with Crippen molar-refractivity contribution in [3.05, 3.63) is 35.4 Å². The summed E-state index contributed by atoms with van der Waals surface area (Å²) in [6.45, 7) is 4.53. The number of amides is 1. The van der Waals surface area contributed by atoms with Crippen LogP contribution in [0.4, 0.5) is 0 Å². The first kappa shape index (κ1) is 20.9. The number of rotatable bonds is 12. The lowest BCUT2D eigenvalue weighted by atomic mass is 10.1.